The molecule has 0 saturated carbocycles. The van der Waals surface area contributed by atoms with Crippen molar-refractivity contribution < 1.29 is 4.79 Å². The zero-order valence-electron chi connectivity index (χ0n) is 11.6. The number of likely N-dealkylation sites (tertiary alicyclic amines) is 1. The maximum Gasteiger partial charge on any atom is 0.236 e. The average molecular weight is 241 g/mol. The average Bonchev–Trinajstić information content (AvgIpc) is 2.26. The van der Waals surface area contributed by atoms with Gasteiger partial charge in [-0.3, -0.25) is 4.79 Å². The number of carbonyl (C=O) groups excluding carboxylic acids is 1. The lowest BCUT2D eigenvalue weighted by Crippen LogP contribution is -2.46. The predicted molar refractivity (Wildman–Crippen MR) is 70.7 cm³/mol. The lowest BCUT2D eigenvalue weighted by atomic mass is 9.73. The van der Waals surface area contributed by atoms with E-state index in [1.54, 1.807) is 6.92 Å². The summed E-state index contributed by atoms with van der Waals surface area (Å²) in [5, 5.41) is 2.95. The summed E-state index contributed by atoms with van der Waals surface area (Å²) in [6.45, 7) is 9.25. The van der Waals surface area contributed by atoms with Crippen LogP contribution in [0.5, 0.6) is 0 Å². The van der Waals surface area contributed by atoms with Crippen LogP contribution in [0.25, 0.3) is 0 Å². The molecule has 1 unspecified atom stereocenters. The standard InChI is InChI=1S/C13H27N3O/c1-10(14)12(17)15-9-13(2,3)11-5-7-16(4)8-6-11/h10-11H,5-9,14H2,1-4H3,(H,15,17). The largest absolute Gasteiger partial charge is 0.354 e. The molecular formula is C13H27N3O. The molecule has 4 heteroatoms. The first-order valence-corrected chi connectivity index (χ1v) is 6.55. The van der Waals surface area contributed by atoms with Crippen LogP contribution in [-0.2, 0) is 4.79 Å². The first-order chi connectivity index (χ1) is 7.83. The van der Waals surface area contributed by atoms with Gasteiger partial charge in [0.15, 0.2) is 0 Å². The molecule has 0 aromatic rings. The van der Waals surface area contributed by atoms with Gasteiger partial charge in [0.2, 0.25) is 5.91 Å². The zero-order valence-corrected chi connectivity index (χ0v) is 11.6. The topological polar surface area (TPSA) is 58.4 Å². The molecular weight excluding hydrogens is 214 g/mol. The van der Waals surface area contributed by atoms with Crippen LogP contribution in [0.15, 0.2) is 0 Å². The van der Waals surface area contributed by atoms with Crippen molar-refractivity contribution in [1.29, 1.82) is 0 Å². The predicted octanol–water partition coefficient (Wildman–Crippen LogP) is 0.818. The fraction of sp³-hybridized carbons (Fsp3) is 0.923. The third kappa shape index (κ3) is 4.28. The van der Waals surface area contributed by atoms with Crippen molar-refractivity contribution in [2.45, 2.75) is 39.7 Å². The van der Waals surface area contributed by atoms with Crippen molar-refractivity contribution in [2.75, 3.05) is 26.7 Å². The number of rotatable bonds is 4. The number of hydrogen-bond acceptors (Lipinski definition) is 3. The normalized spacial score (nSPS) is 21.2. The Hall–Kier alpha value is -0.610. The van der Waals surface area contributed by atoms with Crippen molar-refractivity contribution >= 4 is 5.91 Å². The Kier molecular flexibility index (Phi) is 4.95. The molecule has 1 heterocycles. The smallest absolute Gasteiger partial charge is 0.236 e. The van der Waals surface area contributed by atoms with Gasteiger partial charge in [-0.2, -0.15) is 0 Å². The van der Waals surface area contributed by atoms with Crippen LogP contribution in [0.4, 0.5) is 0 Å². The Labute approximate surface area is 105 Å². The minimum Gasteiger partial charge on any atom is -0.354 e. The van der Waals surface area contributed by atoms with Crippen LogP contribution in [0, 0.1) is 11.3 Å². The van der Waals surface area contributed by atoms with E-state index in [1.165, 1.54) is 12.8 Å². The monoisotopic (exact) mass is 241 g/mol. The summed E-state index contributed by atoms with van der Waals surface area (Å²) in [6, 6.07) is -0.414. The van der Waals surface area contributed by atoms with Crippen LogP contribution >= 0.6 is 0 Å². The van der Waals surface area contributed by atoms with Crippen LogP contribution < -0.4 is 11.1 Å². The Morgan fingerprint density at radius 1 is 1.47 bits per heavy atom. The van der Waals surface area contributed by atoms with Crippen LogP contribution in [0.2, 0.25) is 0 Å². The zero-order chi connectivity index (χ0) is 13.1. The molecule has 1 amide bonds. The van der Waals surface area contributed by atoms with Crippen molar-refractivity contribution in [1.82, 2.24) is 10.2 Å². The second-order valence-corrected chi connectivity index (χ2v) is 6.07. The quantitative estimate of drug-likeness (QED) is 0.766. The second kappa shape index (κ2) is 5.83. The number of hydrogen-bond donors (Lipinski definition) is 2. The van der Waals surface area contributed by atoms with Gasteiger partial charge < -0.3 is 16.0 Å². The lowest BCUT2D eigenvalue weighted by Gasteiger charge is -2.39. The fourth-order valence-electron chi connectivity index (χ4n) is 2.41. The molecule has 4 nitrogen and oxygen atoms in total. The highest BCUT2D eigenvalue weighted by Gasteiger charge is 2.32. The minimum absolute atomic E-state index is 0.0500. The van der Waals surface area contributed by atoms with E-state index in [0.717, 1.165) is 19.6 Å². The molecule has 1 aliphatic rings. The van der Waals surface area contributed by atoms with Crippen molar-refractivity contribution in [2.24, 2.45) is 17.1 Å². The van der Waals surface area contributed by atoms with Gasteiger partial charge in [-0.15, -0.1) is 0 Å². The number of nitrogens with zero attached hydrogens (tertiary/aromatic N) is 1. The summed E-state index contributed by atoms with van der Waals surface area (Å²) < 4.78 is 0. The fourth-order valence-corrected chi connectivity index (χ4v) is 2.41. The Balaban J connectivity index is 2.42. The van der Waals surface area contributed by atoms with Crippen molar-refractivity contribution in [3.05, 3.63) is 0 Å². The van der Waals surface area contributed by atoms with Crippen LogP contribution in [-0.4, -0.2) is 43.5 Å². The number of amides is 1. The van der Waals surface area contributed by atoms with E-state index in [4.69, 9.17) is 5.73 Å². The van der Waals surface area contributed by atoms with Gasteiger partial charge in [-0.25, -0.2) is 0 Å². The van der Waals surface area contributed by atoms with Gasteiger partial charge in [0.1, 0.15) is 0 Å². The van der Waals surface area contributed by atoms with E-state index in [2.05, 4.69) is 31.1 Å². The first-order valence-electron chi connectivity index (χ1n) is 6.55. The van der Waals surface area contributed by atoms with E-state index in [9.17, 15) is 4.79 Å². The van der Waals surface area contributed by atoms with Crippen molar-refractivity contribution in [3.63, 3.8) is 0 Å². The third-order valence-electron chi connectivity index (χ3n) is 3.96. The van der Waals surface area contributed by atoms with E-state index in [1.807, 2.05) is 0 Å². The number of nitrogens with two attached hydrogens (primary N) is 1. The summed E-state index contributed by atoms with van der Waals surface area (Å²) >= 11 is 0. The highest BCUT2D eigenvalue weighted by Crippen LogP contribution is 2.34. The molecule has 17 heavy (non-hydrogen) atoms. The summed E-state index contributed by atoms with van der Waals surface area (Å²) in [5.74, 6) is 0.637. The summed E-state index contributed by atoms with van der Waals surface area (Å²) in [4.78, 5) is 13.8. The van der Waals surface area contributed by atoms with Gasteiger partial charge in [-0.1, -0.05) is 13.8 Å². The van der Waals surface area contributed by atoms with E-state index < -0.39 is 6.04 Å². The van der Waals surface area contributed by atoms with Gasteiger partial charge >= 0.3 is 0 Å². The molecule has 0 bridgehead atoms. The molecule has 100 valence electrons. The van der Waals surface area contributed by atoms with Gasteiger partial charge in [0.25, 0.3) is 0 Å². The molecule has 0 spiro atoms. The number of carbonyl (C=O) groups is 1. The van der Waals surface area contributed by atoms with Crippen molar-refractivity contribution in [3.8, 4) is 0 Å². The van der Waals surface area contributed by atoms with Gasteiger partial charge in [-0.05, 0) is 51.2 Å². The molecule has 1 rings (SSSR count). The van der Waals surface area contributed by atoms with E-state index in [-0.39, 0.29) is 11.3 Å². The molecule has 1 saturated heterocycles. The number of nitrogens with one attached hydrogen (secondary N) is 1. The molecule has 0 aromatic heterocycles. The third-order valence-corrected chi connectivity index (χ3v) is 3.96. The molecule has 0 aromatic carbocycles. The van der Waals surface area contributed by atoms with Crippen LogP contribution in [0.1, 0.15) is 33.6 Å². The summed E-state index contributed by atoms with van der Waals surface area (Å²) in [5.41, 5.74) is 5.70. The minimum atomic E-state index is -0.414. The highest BCUT2D eigenvalue weighted by atomic mass is 16.2. The molecule has 1 aliphatic heterocycles. The number of piperidine rings is 1. The highest BCUT2D eigenvalue weighted by molar-refractivity contribution is 5.80. The second-order valence-electron chi connectivity index (χ2n) is 6.07. The van der Waals surface area contributed by atoms with Gasteiger partial charge in [0, 0.05) is 6.54 Å². The Morgan fingerprint density at radius 3 is 2.47 bits per heavy atom. The van der Waals surface area contributed by atoms with Crippen LogP contribution in [0.3, 0.4) is 0 Å². The maximum absolute atomic E-state index is 11.5. The molecule has 3 N–H and O–H groups in total. The Morgan fingerprint density at radius 2 is 2.00 bits per heavy atom. The molecule has 0 aliphatic carbocycles. The van der Waals surface area contributed by atoms with E-state index in [0.29, 0.717) is 5.92 Å². The molecule has 0 radical (unpaired) electrons. The molecule has 1 atom stereocenters. The SMILES string of the molecule is CC(N)C(=O)NCC(C)(C)C1CCN(C)CC1. The molecule has 1 fully saturated rings. The summed E-state index contributed by atoms with van der Waals surface area (Å²) in [6.07, 6.45) is 2.44. The maximum atomic E-state index is 11.5. The Bertz CT molecular complexity index is 255. The van der Waals surface area contributed by atoms with E-state index >= 15 is 0 Å². The summed E-state index contributed by atoms with van der Waals surface area (Å²) in [7, 11) is 2.17. The lowest BCUT2D eigenvalue weighted by molar-refractivity contribution is -0.122. The van der Waals surface area contributed by atoms with Gasteiger partial charge in [0.05, 0.1) is 6.04 Å². The first kappa shape index (κ1) is 14.5.